The van der Waals surface area contributed by atoms with Gasteiger partial charge in [0.25, 0.3) is 5.92 Å². The fraction of sp³-hybridized carbons (Fsp3) is 0.929. The van der Waals surface area contributed by atoms with Crippen LogP contribution in [-0.4, -0.2) is 37.0 Å². The monoisotopic (exact) mass is 313 g/mol. The van der Waals surface area contributed by atoms with Gasteiger partial charge in [0.1, 0.15) is 12.0 Å². The maximum atomic E-state index is 13.4. The van der Waals surface area contributed by atoms with Gasteiger partial charge in [0.05, 0.1) is 0 Å². The minimum absolute atomic E-state index is 0.109. The van der Waals surface area contributed by atoms with E-state index in [4.69, 9.17) is 4.74 Å². The van der Waals surface area contributed by atoms with Gasteiger partial charge in [-0.15, -0.1) is 0 Å². The van der Waals surface area contributed by atoms with Crippen LogP contribution in [0.3, 0.4) is 0 Å². The SMILES string of the molecule is CC(C)(OC(=O)CC(F)(F)CCC(F)F)C1CCNCC1. The van der Waals surface area contributed by atoms with Gasteiger partial charge in [0.15, 0.2) is 0 Å². The van der Waals surface area contributed by atoms with Gasteiger partial charge in [0, 0.05) is 18.8 Å². The van der Waals surface area contributed by atoms with Crippen molar-refractivity contribution in [2.45, 2.75) is 63.9 Å². The molecule has 1 fully saturated rings. The first kappa shape index (κ1) is 18.2. The molecule has 1 saturated heterocycles. The lowest BCUT2D eigenvalue weighted by atomic mass is 9.83. The van der Waals surface area contributed by atoms with E-state index in [0.717, 1.165) is 25.9 Å². The normalized spacial score (nSPS) is 18.0. The van der Waals surface area contributed by atoms with Crippen molar-refractivity contribution in [1.29, 1.82) is 0 Å². The van der Waals surface area contributed by atoms with Crippen molar-refractivity contribution in [3.8, 4) is 0 Å². The summed E-state index contributed by atoms with van der Waals surface area (Å²) >= 11 is 0. The molecule has 0 aromatic rings. The molecule has 0 radical (unpaired) electrons. The predicted molar refractivity (Wildman–Crippen MR) is 70.6 cm³/mol. The number of hydrogen-bond donors (Lipinski definition) is 1. The van der Waals surface area contributed by atoms with Crippen molar-refractivity contribution >= 4 is 5.97 Å². The summed E-state index contributed by atoms with van der Waals surface area (Å²) in [4.78, 5) is 11.7. The number of hydrogen-bond acceptors (Lipinski definition) is 3. The number of nitrogens with one attached hydrogen (secondary N) is 1. The molecule has 7 heteroatoms. The Morgan fingerprint density at radius 1 is 1.29 bits per heavy atom. The maximum Gasteiger partial charge on any atom is 0.312 e. The number of rotatable bonds is 7. The first-order valence-electron chi connectivity index (χ1n) is 7.21. The van der Waals surface area contributed by atoms with E-state index in [1.807, 2.05) is 0 Å². The molecular formula is C14H23F4NO2. The molecule has 1 rings (SSSR count). The minimum Gasteiger partial charge on any atom is -0.459 e. The molecule has 3 nitrogen and oxygen atoms in total. The first-order chi connectivity index (χ1) is 9.62. The van der Waals surface area contributed by atoms with Crippen LogP contribution < -0.4 is 5.32 Å². The van der Waals surface area contributed by atoms with E-state index in [2.05, 4.69) is 5.32 Å². The molecule has 0 aliphatic carbocycles. The Labute approximate surface area is 122 Å². The summed E-state index contributed by atoms with van der Waals surface area (Å²) in [5.74, 6) is -4.37. The van der Waals surface area contributed by atoms with Crippen LogP contribution in [0.5, 0.6) is 0 Å². The zero-order valence-corrected chi connectivity index (χ0v) is 12.4. The van der Waals surface area contributed by atoms with E-state index in [1.165, 1.54) is 0 Å². The number of esters is 1. The predicted octanol–water partition coefficient (Wildman–Crippen LogP) is 3.38. The highest BCUT2D eigenvalue weighted by Crippen LogP contribution is 2.32. The Kier molecular flexibility index (Phi) is 6.43. The van der Waals surface area contributed by atoms with Crippen molar-refractivity contribution in [3.05, 3.63) is 0 Å². The van der Waals surface area contributed by atoms with Crippen molar-refractivity contribution in [1.82, 2.24) is 5.32 Å². The van der Waals surface area contributed by atoms with E-state index >= 15 is 0 Å². The van der Waals surface area contributed by atoms with Crippen LogP contribution in [-0.2, 0) is 9.53 Å². The van der Waals surface area contributed by atoms with Gasteiger partial charge < -0.3 is 10.1 Å². The molecule has 0 bridgehead atoms. The third kappa shape index (κ3) is 6.63. The Morgan fingerprint density at radius 3 is 2.38 bits per heavy atom. The molecular weight excluding hydrogens is 290 g/mol. The summed E-state index contributed by atoms with van der Waals surface area (Å²) in [5, 5.41) is 3.17. The van der Waals surface area contributed by atoms with E-state index in [-0.39, 0.29) is 5.92 Å². The second-order valence-electron chi connectivity index (χ2n) is 6.06. The van der Waals surface area contributed by atoms with Gasteiger partial charge >= 0.3 is 5.97 Å². The van der Waals surface area contributed by atoms with Crippen molar-refractivity contribution in [2.75, 3.05) is 13.1 Å². The molecule has 0 atom stereocenters. The third-order valence-electron chi connectivity index (χ3n) is 3.83. The summed E-state index contributed by atoms with van der Waals surface area (Å²) in [7, 11) is 0. The fourth-order valence-electron chi connectivity index (χ4n) is 2.55. The Hall–Kier alpha value is -0.850. The number of alkyl halides is 4. The molecule has 0 unspecified atom stereocenters. The topological polar surface area (TPSA) is 38.3 Å². The molecule has 21 heavy (non-hydrogen) atoms. The average molecular weight is 313 g/mol. The molecule has 1 aliphatic rings. The number of carbonyl (C=O) groups is 1. The molecule has 0 amide bonds. The van der Waals surface area contributed by atoms with Gasteiger partial charge in [0.2, 0.25) is 6.43 Å². The Bertz CT molecular complexity index is 342. The second-order valence-corrected chi connectivity index (χ2v) is 6.06. The summed E-state index contributed by atoms with van der Waals surface area (Å²) in [6, 6.07) is 0. The van der Waals surface area contributed by atoms with Crippen LogP contribution >= 0.6 is 0 Å². The van der Waals surface area contributed by atoms with E-state index < -0.39 is 43.2 Å². The van der Waals surface area contributed by atoms with Crippen molar-refractivity contribution in [3.63, 3.8) is 0 Å². The highest BCUT2D eigenvalue weighted by Gasteiger charge is 2.38. The molecule has 1 N–H and O–H groups in total. The minimum atomic E-state index is -3.45. The van der Waals surface area contributed by atoms with Crippen LogP contribution in [0.1, 0.15) is 46.0 Å². The summed E-state index contributed by atoms with van der Waals surface area (Å²) in [6.45, 7) is 5.02. The van der Waals surface area contributed by atoms with E-state index in [0.29, 0.717) is 0 Å². The highest BCUT2D eigenvalue weighted by atomic mass is 19.3. The summed E-state index contributed by atoms with van der Waals surface area (Å²) in [6.07, 6.45) is -4.25. The van der Waals surface area contributed by atoms with Crippen molar-refractivity contribution in [2.24, 2.45) is 5.92 Å². The Balaban J connectivity index is 2.47. The van der Waals surface area contributed by atoms with Gasteiger partial charge in [-0.3, -0.25) is 4.79 Å². The van der Waals surface area contributed by atoms with Gasteiger partial charge in [-0.25, -0.2) is 17.6 Å². The third-order valence-corrected chi connectivity index (χ3v) is 3.83. The summed E-state index contributed by atoms with van der Waals surface area (Å²) in [5.41, 5.74) is -0.821. The smallest absolute Gasteiger partial charge is 0.312 e. The number of halogens is 4. The zero-order chi connectivity index (χ0) is 16.1. The first-order valence-corrected chi connectivity index (χ1v) is 7.21. The fourth-order valence-corrected chi connectivity index (χ4v) is 2.55. The molecule has 0 aromatic heterocycles. The molecule has 0 aromatic carbocycles. The highest BCUT2D eigenvalue weighted by molar-refractivity contribution is 5.70. The van der Waals surface area contributed by atoms with E-state index in [1.54, 1.807) is 13.8 Å². The average Bonchev–Trinajstić information content (AvgIpc) is 2.36. The standard InChI is InChI=1S/C14H23F4NO2/c1-13(2,10-4-7-19-8-5-10)21-12(20)9-14(17,18)6-3-11(15)16/h10-11,19H,3-9H2,1-2H3. The van der Waals surface area contributed by atoms with Gasteiger partial charge in [-0.05, 0) is 39.8 Å². The van der Waals surface area contributed by atoms with E-state index in [9.17, 15) is 22.4 Å². The Morgan fingerprint density at radius 2 is 1.86 bits per heavy atom. The number of carbonyl (C=O) groups excluding carboxylic acids is 1. The lowest BCUT2D eigenvalue weighted by molar-refractivity contribution is -0.171. The molecule has 0 saturated carbocycles. The van der Waals surface area contributed by atoms with Crippen molar-refractivity contribution < 1.29 is 27.1 Å². The van der Waals surface area contributed by atoms with Crippen LogP contribution in [0.2, 0.25) is 0 Å². The van der Waals surface area contributed by atoms with Crippen LogP contribution in [0, 0.1) is 5.92 Å². The lowest BCUT2D eigenvalue weighted by Gasteiger charge is -2.37. The van der Waals surface area contributed by atoms with Crippen LogP contribution in [0.4, 0.5) is 17.6 Å². The quantitative estimate of drug-likeness (QED) is 0.578. The lowest BCUT2D eigenvalue weighted by Crippen LogP contribution is -2.43. The number of ether oxygens (including phenoxy) is 1. The van der Waals surface area contributed by atoms with Crippen LogP contribution in [0.15, 0.2) is 0 Å². The molecule has 0 spiro atoms. The second kappa shape index (κ2) is 7.42. The van der Waals surface area contributed by atoms with Crippen LogP contribution in [0.25, 0.3) is 0 Å². The zero-order valence-electron chi connectivity index (χ0n) is 12.4. The molecule has 1 aliphatic heterocycles. The largest absolute Gasteiger partial charge is 0.459 e. The molecule has 124 valence electrons. The summed E-state index contributed by atoms with van der Waals surface area (Å²) < 4.78 is 55.9. The molecule has 1 heterocycles. The van der Waals surface area contributed by atoms with Gasteiger partial charge in [-0.2, -0.15) is 0 Å². The number of piperidine rings is 1. The maximum absolute atomic E-state index is 13.4. The van der Waals surface area contributed by atoms with Gasteiger partial charge in [-0.1, -0.05) is 0 Å².